The van der Waals surface area contributed by atoms with Gasteiger partial charge in [-0.15, -0.1) is 11.3 Å². The fourth-order valence-corrected chi connectivity index (χ4v) is 3.38. The van der Waals surface area contributed by atoms with Crippen LogP contribution in [0.4, 0.5) is 5.00 Å². The zero-order valence-corrected chi connectivity index (χ0v) is 15.6. The molecule has 0 aliphatic carbocycles. The van der Waals surface area contributed by atoms with Crippen LogP contribution < -0.4 is 10.1 Å². The molecule has 0 spiro atoms. The van der Waals surface area contributed by atoms with E-state index in [0.29, 0.717) is 16.3 Å². The van der Waals surface area contributed by atoms with Gasteiger partial charge in [0.15, 0.2) is 6.61 Å². The van der Waals surface area contributed by atoms with E-state index in [-0.39, 0.29) is 12.5 Å². The number of methoxy groups -OCH3 is 1. The summed E-state index contributed by atoms with van der Waals surface area (Å²) in [6, 6.07) is 19.3. The van der Waals surface area contributed by atoms with E-state index >= 15 is 0 Å². The van der Waals surface area contributed by atoms with E-state index in [1.807, 2.05) is 42.5 Å². The minimum atomic E-state index is -0.485. The molecular formula is C21H19NO4S. The first-order chi connectivity index (χ1) is 13.2. The molecule has 3 aromatic rings. The minimum absolute atomic E-state index is 0.148. The second-order valence-corrected chi connectivity index (χ2v) is 6.68. The molecule has 0 aliphatic heterocycles. The Morgan fingerprint density at radius 3 is 2.52 bits per heavy atom. The summed E-state index contributed by atoms with van der Waals surface area (Å²) in [6.45, 7) is -0.148. The van der Waals surface area contributed by atoms with Gasteiger partial charge in [0.2, 0.25) is 0 Å². The maximum absolute atomic E-state index is 12.2. The summed E-state index contributed by atoms with van der Waals surface area (Å²) in [6.07, 6.45) is 0.718. The molecule has 0 saturated carbocycles. The molecular weight excluding hydrogens is 362 g/mol. The van der Waals surface area contributed by atoms with Gasteiger partial charge in [-0.25, -0.2) is 4.79 Å². The molecule has 0 radical (unpaired) electrons. The molecule has 0 saturated heterocycles. The van der Waals surface area contributed by atoms with E-state index < -0.39 is 5.97 Å². The molecule has 6 heteroatoms. The second-order valence-electron chi connectivity index (χ2n) is 5.76. The summed E-state index contributed by atoms with van der Waals surface area (Å²) < 4.78 is 10.4. The Balaban J connectivity index is 1.63. The summed E-state index contributed by atoms with van der Waals surface area (Å²) in [7, 11) is 1.30. The number of benzene rings is 2. The average molecular weight is 381 g/mol. The molecule has 5 nitrogen and oxygen atoms in total. The van der Waals surface area contributed by atoms with Gasteiger partial charge in [0.25, 0.3) is 5.91 Å². The van der Waals surface area contributed by atoms with Crippen molar-refractivity contribution in [3.63, 3.8) is 0 Å². The van der Waals surface area contributed by atoms with Crippen LogP contribution in [0.2, 0.25) is 0 Å². The number of ether oxygens (including phenoxy) is 2. The van der Waals surface area contributed by atoms with Gasteiger partial charge in [-0.2, -0.15) is 0 Å². The zero-order valence-electron chi connectivity index (χ0n) is 14.8. The maximum Gasteiger partial charge on any atom is 0.340 e. The van der Waals surface area contributed by atoms with Crippen LogP contribution in [0, 0.1) is 0 Å². The van der Waals surface area contributed by atoms with Crippen molar-refractivity contribution in [1.29, 1.82) is 0 Å². The van der Waals surface area contributed by atoms with Crippen molar-refractivity contribution in [2.45, 2.75) is 6.42 Å². The minimum Gasteiger partial charge on any atom is -0.483 e. The number of anilines is 1. The lowest BCUT2D eigenvalue weighted by atomic mass is 10.0. The molecule has 138 valence electrons. The number of carbonyl (C=O) groups excluding carboxylic acids is 2. The largest absolute Gasteiger partial charge is 0.483 e. The molecule has 2 aromatic carbocycles. The maximum atomic E-state index is 12.2. The lowest BCUT2D eigenvalue weighted by molar-refractivity contribution is -0.118. The van der Waals surface area contributed by atoms with Gasteiger partial charge in [0.1, 0.15) is 10.8 Å². The quantitative estimate of drug-likeness (QED) is 0.625. The topological polar surface area (TPSA) is 64.6 Å². The van der Waals surface area contributed by atoms with Crippen molar-refractivity contribution >= 4 is 28.2 Å². The molecule has 1 heterocycles. The van der Waals surface area contributed by atoms with Gasteiger partial charge in [0, 0.05) is 6.42 Å². The lowest BCUT2D eigenvalue weighted by Crippen LogP contribution is -2.21. The van der Waals surface area contributed by atoms with Crippen LogP contribution in [0.1, 0.15) is 21.5 Å². The van der Waals surface area contributed by atoms with Crippen molar-refractivity contribution in [1.82, 2.24) is 0 Å². The standard InChI is InChI=1S/C21H19NO4S/c1-25-21(24)17-11-12-27-20(17)22-19(23)14-26-18-10-6-5-9-16(18)13-15-7-3-2-4-8-15/h2-12H,13-14H2,1H3,(H,22,23). The number of para-hydroxylation sites is 1. The Hall–Kier alpha value is -3.12. The molecule has 1 N–H and O–H groups in total. The Morgan fingerprint density at radius 1 is 1.00 bits per heavy atom. The van der Waals surface area contributed by atoms with Gasteiger partial charge in [-0.3, -0.25) is 4.79 Å². The summed E-state index contributed by atoms with van der Waals surface area (Å²) in [5.74, 6) is -0.159. The average Bonchev–Trinajstić information content (AvgIpc) is 3.15. The highest BCUT2D eigenvalue weighted by molar-refractivity contribution is 7.14. The summed E-state index contributed by atoms with van der Waals surface area (Å²) in [5, 5.41) is 4.87. The van der Waals surface area contributed by atoms with Crippen LogP contribution in [0.25, 0.3) is 0 Å². The molecule has 1 aromatic heterocycles. The van der Waals surface area contributed by atoms with Crippen molar-refractivity contribution in [2.24, 2.45) is 0 Å². The smallest absolute Gasteiger partial charge is 0.340 e. The van der Waals surface area contributed by atoms with E-state index in [2.05, 4.69) is 17.4 Å². The predicted octanol–water partition coefficient (Wildman–Crippen LogP) is 4.14. The van der Waals surface area contributed by atoms with E-state index in [4.69, 9.17) is 9.47 Å². The van der Waals surface area contributed by atoms with Gasteiger partial charge in [-0.05, 0) is 28.6 Å². The van der Waals surface area contributed by atoms with E-state index in [0.717, 1.165) is 12.0 Å². The van der Waals surface area contributed by atoms with Gasteiger partial charge in [-0.1, -0.05) is 48.5 Å². The van der Waals surface area contributed by atoms with Crippen molar-refractivity contribution in [2.75, 3.05) is 19.0 Å². The number of nitrogens with one attached hydrogen (secondary N) is 1. The highest BCUT2D eigenvalue weighted by Crippen LogP contribution is 2.24. The summed E-state index contributed by atoms with van der Waals surface area (Å²) in [4.78, 5) is 23.9. The molecule has 27 heavy (non-hydrogen) atoms. The van der Waals surface area contributed by atoms with Crippen molar-refractivity contribution in [3.05, 3.63) is 82.7 Å². The zero-order chi connectivity index (χ0) is 19.1. The first kappa shape index (κ1) is 18.7. The molecule has 0 aliphatic rings. The van der Waals surface area contributed by atoms with Gasteiger partial charge < -0.3 is 14.8 Å². The number of rotatable bonds is 7. The number of thiophene rings is 1. The van der Waals surface area contributed by atoms with E-state index in [1.54, 1.807) is 11.4 Å². The summed E-state index contributed by atoms with van der Waals surface area (Å²) in [5.41, 5.74) is 2.50. The molecule has 1 amide bonds. The van der Waals surface area contributed by atoms with E-state index in [1.165, 1.54) is 24.0 Å². The third-order valence-corrected chi connectivity index (χ3v) is 4.72. The number of esters is 1. The fourth-order valence-electron chi connectivity index (χ4n) is 2.59. The molecule has 0 unspecified atom stereocenters. The highest BCUT2D eigenvalue weighted by atomic mass is 32.1. The first-order valence-corrected chi connectivity index (χ1v) is 9.25. The van der Waals surface area contributed by atoms with Gasteiger partial charge in [0.05, 0.1) is 12.7 Å². The van der Waals surface area contributed by atoms with Crippen LogP contribution in [0.15, 0.2) is 66.0 Å². The van der Waals surface area contributed by atoms with Crippen LogP contribution in [0.5, 0.6) is 5.75 Å². The number of amides is 1. The Labute approximate surface area is 161 Å². The summed E-state index contributed by atoms with van der Waals surface area (Å²) >= 11 is 1.26. The third kappa shape index (κ3) is 4.95. The third-order valence-electron chi connectivity index (χ3n) is 3.89. The van der Waals surface area contributed by atoms with Crippen LogP contribution >= 0.6 is 11.3 Å². The van der Waals surface area contributed by atoms with Crippen molar-refractivity contribution < 1.29 is 19.1 Å². The highest BCUT2D eigenvalue weighted by Gasteiger charge is 2.16. The molecule has 0 fully saturated rings. The number of hydrogen-bond acceptors (Lipinski definition) is 5. The lowest BCUT2D eigenvalue weighted by Gasteiger charge is -2.12. The molecule has 0 atom stereocenters. The van der Waals surface area contributed by atoms with Crippen molar-refractivity contribution in [3.8, 4) is 5.75 Å². The Kier molecular flexibility index (Phi) is 6.22. The van der Waals surface area contributed by atoms with E-state index in [9.17, 15) is 9.59 Å². The molecule has 0 bridgehead atoms. The molecule has 3 rings (SSSR count). The van der Waals surface area contributed by atoms with Gasteiger partial charge >= 0.3 is 5.97 Å². The Morgan fingerprint density at radius 2 is 1.74 bits per heavy atom. The normalized spacial score (nSPS) is 10.3. The monoisotopic (exact) mass is 381 g/mol. The van der Waals surface area contributed by atoms with Crippen LogP contribution in [-0.2, 0) is 16.0 Å². The first-order valence-electron chi connectivity index (χ1n) is 8.37. The van der Waals surface area contributed by atoms with Crippen LogP contribution in [0.3, 0.4) is 0 Å². The Bertz CT molecular complexity index is 921. The van der Waals surface area contributed by atoms with Crippen LogP contribution in [-0.4, -0.2) is 25.6 Å². The second kappa shape index (κ2) is 9.00. The predicted molar refractivity (Wildman–Crippen MR) is 105 cm³/mol. The number of carbonyl (C=O) groups is 2. The SMILES string of the molecule is COC(=O)c1ccsc1NC(=O)COc1ccccc1Cc1ccccc1. The number of hydrogen-bond donors (Lipinski definition) is 1. The fraction of sp³-hybridized carbons (Fsp3) is 0.143.